The standard InChI is InChI=1S/C16H18N2O5/c1-10(2)14(16(21)22)18-8-12(15(18)20)17-13(19)9-23-11-6-4-3-5-7-11/h3-7,12H,8-9H2,1-2H3,(H,17,19)(H,21,22). The fraction of sp³-hybridized carbons (Fsp3) is 0.312. The number of likely N-dealkylation sites (tertiary alicyclic amines) is 1. The number of carboxylic acids is 1. The number of benzene rings is 1. The number of hydrogen-bond donors (Lipinski definition) is 2. The minimum atomic E-state index is -1.16. The summed E-state index contributed by atoms with van der Waals surface area (Å²) in [5, 5.41) is 11.6. The van der Waals surface area contributed by atoms with Gasteiger partial charge in [0.1, 0.15) is 17.5 Å². The molecular weight excluding hydrogens is 300 g/mol. The number of aliphatic carboxylic acids is 1. The summed E-state index contributed by atoms with van der Waals surface area (Å²) in [4.78, 5) is 36.1. The number of carbonyl (C=O) groups excluding carboxylic acids is 2. The summed E-state index contributed by atoms with van der Waals surface area (Å²) in [6, 6.07) is 8.13. The Bertz CT molecular complexity index is 650. The van der Waals surface area contributed by atoms with Gasteiger partial charge < -0.3 is 20.1 Å². The fourth-order valence-corrected chi connectivity index (χ4v) is 2.24. The summed E-state index contributed by atoms with van der Waals surface area (Å²) in [6.45, 7) is 3.18. The van der Waals surface area contributed by atoms with Gasteiger partial charge in [0.2, 0.25) is 0 Å². The molecule has 0 bridgehead atoms. The number of carboxylic acid groups (broad SMARTS) is 1. The zero-order chi connectivity index (χ0) is 17.0. The van der Waals surface area contributed by atoms with Gasteiger partial charge in [-0.15, -0.1) is 0 Å². The van der Waals surface area contributed by atoms with E-state index in [1.165, 1.54) is 0 Å². The van der Waals surface area contributed by atoms with Gasteiger partial charge in [-0.25, -0.2) is 4.79 Å². The summed E-state index contributed by atoms with van der Waals surface area (Å²) in [5.41, 5.74) is 0.490. The van der Waals surface area contributed by atoms with Crippen LogP contribution in [0.25, 0.3) is 0 Å². The van der Waals surface area contributed by atoms with Crippen molar-refractivity contribution >= 4 is 17.8 Å². The predicted molar refractivity (Wildman–Crippen MR) is 81.6 cm³/mol. The Morgan fingerprint density at radius 1 is 1.30 bits per heavy atom. The lowest BCUT2D eigenvalue weighted by Gasteiger charge is -2.39. The van der Waals surface area contributed by atoms with E-state index in [1.807, 2.05) is 6.07 Å². The zero-order valence-corrected chi connectivity index (χ0v) is 12.9. The maximum absolute atomic E-state index is 12.0. The van der Waals surface area contributed by atoms with Crippen molar-refractivity contribution in [3.8, 4) is 5.75 Å². The first-order valence-corrected chi connectivity index (χ1v) is 7.09. The average molecular weight is 318 g/mol. The number of carbonyl (C=O) groups is 3. The summed E-state index contributed by atoms with van der Waals surface area (Å²) in [5.74, 6) is -1.46. The fourth-order valence-electron chi connectivity index (χ4n) is 2.24. The van der Waals surface area contributed by atoms with Crippen molar-refractivity contribution in [1.82, 2.24) is 10.2 Å². The van der Waals surface area contributed by atoms with E-state index in [0.29, 0.717) is 11.3 Å². The molecule has 0 spiro atoms. The molecule has 7 nitrogen and oxygen atoms in total. The van der Waals surface area contributed by atoms with Gasteiger partial charge >= 0.3 is 5.97 Å². The molecule has 0 radical (unpaired) electrons. The maximum Gasteiger partial charge on any atom is 0.352 e. The van der Waals surface area contributed by atoms with E-state index in [9.17, 15) is 14.4 Å². The minimum absolute atomic E-state index is 0.0407. The van der Waals surface area contributed by atoms with Crippen LogP contribution < -0.4 is 10.1 Å². The molecule has 1 aliphatic rings. The summed E-state index contributed by atoms with van der Waals surface area (Å²) in [6.07, 6.45) is 0. The van der Waals surface area contributed by atoms with Crippen LogP contribution in [-0.2, 0) is 14.4 Å². The second-order valence-electron chi connectivity index (χ2n) is 5.32. The third-order valence-electron chi connectivity index (χ3n) is 3.32. The topological polar surface area (TPSA) is 95.9 Å². The van der Waals surface area contributed by atoms with Crippen molar-refractivity contribution in [3.05, 3.63) is 41.6 Å². The van der Waals surface area contributed by atoms with Crippen LogP contribution in [0.1, 0.15) is 13.8 Å². The van der Waals surface area contributed by atoms with E-state index in [0.717, 1.165) is 4.90 Å². The van der Waals surface area contributed by atoms with Crippen LogP contribution in [0.4, 0.5) is 0 Å². The Labute approximate surface area is 133 Å². The number of β-lactam (4-membered cyclic amide) rings is 1. The zero-order valence-electron chi connectivity index (χ0n) is 12.9. The smallest absolute Gasteiger partial charge is 0.352 e. The van der Waals surface area contributed by atoms with Crippen molar-refractivity contribution in [2.75, 3.05) is 13.2 Å². The lowest BCUT2D eigenvalue weighted by Crippen LogP contribution is -2.64. The van der Waals surface area contributed by atoms with E-state index in [2.05, 4.69) is 5.32 Å². The predicted octanol–water partition coefficient (Wildman–Crippen LogP) is 0.771. The molecule has 1 atom stereocenters. The Balaban J connectivity index is 1.84. The third kappa shape index (κ3) is 3.88. The number of para-hydroxylation sites is 1. The molecule has 0 saturated carbocycles. The highest BCUT2D eigenvalue weighted by molar-refractivity contribution is 6.00. The molecule has 1 saturated heterocycles. The number of ether oxygens (including phenoxy) is 1. The highest BCUT2D eigenvalue weighted by atomic mass is 16.5. The van der Waals surface area contributed by atoms with E-state index >= 15 is 0 Å². The number of rotatable bonds is 6. The number of nitrogens with zero attached hydrogens (tertiary/aromatic N) is 1. The molecule has 1 fully saturated rings. The maximum atomic E-state index is 12.0. The van der Waals surface area contributed by atoms with E-state index in [4.69, 9.17) is 9.84 Å². The Hall–Kier alpha value is -2.83. The molecule has 122 valence electrons. The molecule has 7 heteroatoms. The van der Waals surface area contributed by atoms with Crippen LogP contribution in [-0.4, -0.2) is 47.0 Å². The van der Waals surface area contributed by atoms with E-state index < -0.39 is 23.8 Å². The molecule has 2 N–H and O–H groups in total. The van der Waals surface area contributed by atoms with Crippen LogP contribution >= 0.6 is 0 Å². The number of hydrogen-bond acceptors (Lipinski definition) is 4. The van der Waals surface area contributed by atoms with Gasteiger partial charge in [0, 0.05) is 0 Å². The lowest BCUT2D eigenvalue weighted by atomic mass is 10.0. The van der Waals surface area contributed by atoms with Crippen LogP contribution in [0.2, 0.25) is 0 Å². The Kier molecular flexibility index (Phi) is 5.00. The first-order valence-electron chi connectivity index (χ1n) is 7.09. The second-order valence-corrected chi connectivity index (χ2v) is 5.32. The van der Waals surface area contributed by atoms with Gasteiger partial charge in [-0.05, 0) is 31.6 Å². The molecule has 1 unspecified atom stereocenters. The van der Waals surface area contributed by atoms with Crippen molar-refractivity contribution in [1.29, 1.82) is 0 Å². The van der Waals surface area contributed by atoms with Crippen LogP contribution in [0.15, 0.2) is 41.6 Å². The minimum Gasteiger partial charge on any atom is -0.484 e. The first-order chi connectivity index (χ1) is 10.9. The molecule has 1 aliphatic heterocycles. The molecule has 1 aromatic rings. The molecule has 23 heavy (non-hydrogen) atoms. The molecule has 1 aromatic carbocycles. The quantitative estimate of drug-likeness (QED) is 0.596. The molecular formula is C16H18N2O5. The van der Waals surface area contributed by atoms with Gasteiger partial charge in [0.15, 0.2) is 6.61 Å². The summed E-state index contributed by atoms with van der Waals surface area (Å²) >= 11 is 0. The Morgan fingerprint density at radius 2 is 1.96 bits per heavy atom. The normalized spacial score (nSPS) is 16.3. The van der Waals surface area contributed by atoms with Crippen molar-refractivity contribution in [2.24, 2.45) is 0 Å². The van der Waals surface area contributed by atoms with Gasteiger partial charge in [-0.1, -0.05) is 18.2 Å². The summed E-state index contributed by atoms with van der Waals surface area (Å²) < 4.78 is 5.28. The highest BCUT2D eigenvalue weighted by Gasteiger charge is 2.42. The number of allylic oxidation sites excluding steroid dienone is 1. The van der Waals surface area contributed by atoms with Gasteiger partial charge in [-0.3, -0.25) is 9.59 Å². The van der Waals surface area contributed by atoms with Gasteiger partial charge in [0.25, 0.3) is 11.8 Å². The van der Waals surface area contributed by atoms with Crippen LogP contribution in [0.3, 0.4) is 0 Å². The largest absolute Gasteiger partial charge is 0.484 e. The number of amides is 2. The van der Waals surface area contributed by atoms with E-state index in [1.54, 1.807) is 38.1 Å². The second kappa shape index (κ2) is 6.95. The average Bonchev–Trinajstić information content (AvgIpc) is 2.51. The first kappa shape index (κ1) is 16.5. The lowest BCUT2D eigenvalue weighted by molar-refractivity contribution is -0.149. The third-order valence-corrected chi connectivity index (χ3v) is 3.32. The molecule has 2 rings (SSSR count). The van der Waals surface area contributed by atoms with Crippen molar-refractivity contribution in [3.63, 3.8) is 0 Å². The van der Waals surface area contributed by atoms with Crippen molar-refractivity contribution in [2.45, 2.75) is 19.9 Å². The summed E-state index contributed by atoms with van der Waals surface area (Å²) in [7, 11) is 0. The molecule has 0 aromatic heterocycles. The van der Waals surface area contributed by atoms with Crippen LogP contribution in [0.5, 0.6) is 5.75 Å². The van der Waals surface area contributed by atoms with Gasteiger partial charge in [-0.2, -0.15) is 0 Å². The Morgan fingerprint density at radius 3 is 2.48 bits per heavy atom. The number of nitrogens with one attached hydrogen (secondary N) is 1. The van der Waals surface area contributed by atoms with Gasteiger partial charge in [0.05, 0.1) is 6.54 Å². The van der Waals surface area contributed by atoms with Crippen molar-refractivity contribution < 1.29 is 24.2 Å². The molecule has 2 amide bonds. The van der Waals surface area contributed by atoms with Crippen LogP contribution in [0, 0.1) is 0 Å². The monoisotopic (exact) mass is 318 g/mol. The molecule has 0 aliphatic carbocycles. The molecule has 1 heterocycles. The SMILES string of the molecule is CC(C)=C(C(=O)O)N1CC(NC(=O)COc2ccccc2)C1=O. The van der Waals surface area contributed by atoms with E-state index in [-0.39, 0.29) is 18.8 Å². The highest BCUT2D eigenvalue weighted by Crippen LogP contribution is 2.20.